The van der Waals surface area contributed by atoms with Gasteiger partial charge in [-0.15, -0.1) is 0 Å². The number of carbonyl (C=O) groups excluding carboxylic acids is 1. The van der Waals surface area contributed by atoms with E-state index in [1.165, 1.54) is 32.1 Å². The van der Waals surface area contributed by atoms with Gasteiger partial charge in [0, 0.05) is 17.9 Å². The average molecular weight is 265 g/mol. The van der Waals surface area contributed by atoms with Crippen LogP contribution in [0.4, 0.5) is 0 Å². The van der Waals surface area contributed by atoms with Crippen LogP contribution in [0, 0.1) is 5.92 Å². The third-order valence-electron chi connectivity index (χ3n) is 3.87. The Balaban J connectivity index is 1.73. The quantitative estimate of drug-likeness (QED) is 0.746. The van der Waals surface area contributed by atoms with Crippen molar-refractivity contribution in [2.24, 2.45) is 5.92 Å². The zero-order chi connectivity index (χ0) is 12.8. The van der Waals surface area contributed by atoms with E-state index in [-0.39, 0.29) is 0 Å². The van der Waals surface area contributed by atoms with E-state index in [9.17, 15) is 4.79 Å². The molecule has 0 unspecified atom stereocenters. The third kappa shape index (κ3) is 4.45. The Kier molecular flexibility index (Phi) is 5.25. The van der Waals surface area contributed by atoms with E-state index in [1.807, 2.05) is 24.3 Å². The predicted octanol–water partition coefficient (Wildman–Crippen LogP) is 4.81. The van der Waals surface area contributed by atoms with Crippen molar-refractivity contribution in [3.63, 3.8) is 0 Å². The van der Waals surface area contributed by atoms with E-state index in [0.717, 1.165) is 29.3 Å². The van der Waals surface area contributed by atoms with Crippen molar-refractivity contribution in [1.82, 2.24) is 0 Å². The van der Waals surface area contributed by atoms with Crippen molar-refractivity contribution in [1.29, 1.82) is 0 Å². The maximum atomic E-state index is 11.9. The molecule has 0 aliphatic heterocycles. The molecule has 0 heterocycles. The monoisotopic (exact) mass is 264 g/mol. The van der Waals surface area contributed by atoms with Gasteiger partial charge in [0.05, 0.1) is 0 Å². The number of carbonyl (C=O) groups is 1. The summed E-state index contributed by atoms with van der Waals surface area (Å²) in [4.78, 5) is 11.9. The second-order valence-corrected chi connectivity index (χ2v) is 5.82. The van der Waals surface area contributed by atoms with E-state index in [2.05, 4.69) is 0 Å². The van der Waals surface area contributed by atoms with Crippen LogP contribution in [0.2, 0.25) is 5.02 Å². The topological polar surface area (TPSA) is 17.1 Å². The Morgan fingerprint density at radius 3 is 2.44 bits per heavy atom. The summed E-state index contributed by atoms with van der Waals surface area (Å²) in [6.45, 7) is 0. The Morgan fingerprint density at radius 1 is 1.11 bits per heavy atom. The molecule has 0 bridgehead atoms. The first-order valence-electron chi connectivity index (χ1n) is 7.00. The zero-order valence-corrected chi connectivity index (χ0v) is 11.6. The molecule has 1 saturated carbocycles. The molecule has 0 atom stereocenters. The molecule has 1 nitrogen and oxygen atoms in total. The number of ketones is 1. The SMILES string of the molecule is O=C(CCC1CCCCC1)Cc1ccc(Cl)cc1. The molecule has 1 aromatic carbocycles. The highest BCUT2D eigenvalue weighted by Gasteiger charge is 2.14. The van der Waals surface area contributed by atoms with Crippen LogP contribution in [0.3, 0.4) is 0 Å². The van der Waals surface area contributed by atoms with E-state index in [1.54, 1.807) is 0 Å². The van der Waals surface area contributed by atoms with Crippen molar-refractivity contribution in [2.45, 2.75) is 51.4 Å². The average Bonchev–Trinajstić information content (AvgIpc) is 2.40. The summed E-state index contributed by atoms with van der Waals surface area (Å²) in [5.41, 5.74) is 1.08. The predicted molar refractivity (Wildman–Crippen MR) is 76.0 cm³/mol. The van der Waals surface area contributed by atoms with Gasteiger partial charge in [-0.25, -0.2) is 0 Å². The molecule has 98 valence electrons. The lowest BCUT2D eigenvalue weighted by molar-refractivity contribution is -0.118. The molecule has 0 amide bonds. The van der Waals surface area contributed by atoms with Crippen LogP contribution in [-0.2, 0) is 11.2 Å². The summed E-state index contributed by atoms with van der Waals surface area (Å²) in [5, 5.41) is 0.730. The first kappa shape index (κ1) is 13.6. The first-order chi connectivity index (χ1) is 8.74. The lowest BCUT2D eigenvalue weighted by atomic mass is 9.85. The number of hydrogen-bond acceptors (Lipinski definition) is 1. The number of hydrogen-bond donors (Lipinski definition) is 0. The van der Waals surface area contributed by atoms with Gasteiger partial charge in [0.25, 0.3) is 0 Å². The number of Topliss-reactive ketones (excluding diaryl/α,β-unsaturated/α-hetero) is 1. The molecule has 1 aliphatic carbocycles. The fourth-order valence-electron chi connectivity index (χ4n) is 2.76. The highest BCUT2D eigenvalue weighted by molar-refractivity contribution is 6.30. The van der Waals surface area contributed by atoms with Crippen LogP contribution >= 0.6 is 11.6 Å². The maximum absolute atomic E-state index is 11.9. The molecule has 2 heteroatoms. The molecule has 2 rings (SSSR count). The highest BCUT2D eigenvalue weighted by atomic mass is 35.5. The molecule has 1 fully saturated rings. The molecular formula is C16H21ClO. The summed E-state index contributed by atoms with van der Waals surface area (Å²) in [5.74, 6) is 1.16. The molecule has 0 spiro atoms. The highest BCUT2D eigenvalue weighted by Crippen LogP contribution is 2.27. The lowest BCUT2D eigenvalue weighted by Gasteiger charge is -2.20. The molecule has 18 heavy (non-hydrogen) atoms. The van der Waals surface area contributed by atoms with Gasteiger partial charge in [-0.05, 0) is 30.0 Å². The molecule has 0 N–H and O–H groups in total. The molecule has 0 aromatic heterocycles. The summed E-state index contributed by atoms with van der Waals surface area (Å²) < 4.78 is 0. The maximum Gasteiger partial charge on any atom is 0.137 e. The van der Waals surface area contributed by atoms with Crippen LogP contribution in [0.1, 0.15) is 50.5 Å². The Bertz CT molecular complexity index is 377. The van der Waals surface area contributed by atoms with Crippen molar-refractivity contribution in [3.05, 3.63) is 34.9 Å². The molecular weight excluding hydrogens is 244 g/mol. The fraction of sp³-hybridized carbons (Fsp3) is 0.562. The minimum absolute atomic E-state index is 0.364. The molecule has 0 radical (unpaired) electrons. The van der Waals surface area contributed by atoms with Crippen LogP contribution in [-0.4, -0.2) is 5.78 Å². The molecule has 0 saturated heterocycles. The van der Waals surface area contributed by atoms with Crippen molar-refractivity contribution in [2.75, 3.05) is 0 Å². The summed E-state index contributed by atoms with van der Waals surface area (Å²) >= 11 is 5.83. The fourth-order valence-corrected chi connectivity index (χ4v) is 2.89. The number of halogens is 1. The zero-order valence-electron chi connectivity index (χ0n) is 10.8. The van der Waals surface area contributed by atoms with Crippen LogP contribution < -0.4 is 0 Å². The van der Waals surface area contributed by atoms with Gasteiger partial charge in [-0.2, -0.15) is 0 Å². The standard InChI is InChI=1S/C16H21ClO/c17-15-9-6-14(7-10-15)12-16(18)11-8-13-4-2-1-3-5-13/h6-7,9-10,13H,1-5,8,11-12H2. The van der Waals surface area contributed by atoms with E-state index in [0.29, 0.717) is 12.2 Å². The van der Waals surface area contributed by atoms with Crippen LogP contribution in [0.5, 0.6) is 0 Å². The van der Waals surface area contributed by atoms with Crippen molar-refractivity contribution < 1.29 is 4.79 Å². The molecule has 1 aromatic rings. The Labute approximate surface area is 115 Å². The van der Waals surface area contributed by atoms with Crippen LogP contribution in [0.25, 0.3) is 0 Å². The number of benzene rings is 1. The largest absolute Gasteiger partial charge is 0.299 e. The minimum atomic E-state index is 0.364. The van der Waals surface area contributed by atoms with E-state index >= 15 is 0 Å². The summed E-state index contributed by atoms with van der Waals surface area (Å²) in [7, 11) is 0. The Morgan fingerprint density at radius 2 is 1.78 bits per heavy atom. The van der Waals surface area contributed by atoms with E-state index in [4.69, 9.17) is 11.6 Å². The summed E-state index contributed by atoms with van der Waals surface area (Å²) in [6.07, 6.45) is 9.15. The van der Waals surface area contributed by atoms with Gasteiger partial charge in [0.2, 0.25) is 0 Å². The minimum Gasteiger partial charge on any atom is -0.299 e. The second kappa shape index (κ2) is 6.94. The van der Waals surface area contributed by atoms with Gasteiger partial charge >= 0.3 is 0 Å². The molecule has 1 aliphatic rings. The summed E-state index contributed by atoms with van der Waals surface area (Å²) in [6, 6.07) is 7.60. The smallest absolute Gasteiger partial charge is 0.137 e. The van der Waals surface area contributed by atoms with Gasteiger partial charge in [-0.3, -0.25) is 4.79 Å². The lowest BCUT2D eigenvalue weighted by Crippen LogP contribution is -2.10. The second-order valence-electron chi connectivity index (χ2n) is 5.38. The van der Waals surface area contributed by atoms with Gasteiger partial charge in [-0.1, -0.05) is 55.8 Å². The normalized spacial score (nSPS) is 16.7. The Hall–Kier alpha value is -0.820. The van der Waals surface area contributed by atoms with Crippen LogP contribution in [0.15, 0.2) is 24.3 Å². The van der Waals surface area contributed by atoms with E-state index < -0.39 is 0 Å². The van der Waals surface area contributed by atoms with Gasteiger partial charge in [0.1, 0.15) is 5.78 Å². The number of rotatable bonds is 5. The van der Waals surface area contributed by atoms with Gasteiger partial charge in [0.15, 0.2) is 0 Å². The van der Waals surface area contributed by atoms with Crippen molar-refractivity contribution in [3.8, 4) is 0 Å². The van der Waals surface area contributed by atoms with Crippen molar-refractivity contribution >= 4 is 17.4 Å². The van der Waals surface area contributed by atoms with Gasteiger partial charge < -0.3 is 0 Å². The third-order valence-corrected chi connectivity index (χ3v) is 4.12. The first-order valence-corrected chi connectivity index (χ1v) is 7.38.